The molecular weight excluding hydrogens is 310 g/mol. The van der Waals surface area contributed by atoms with Crippen molar-refractivity contribution in [1.82, 2.24) is 0 Å². The SMILES string of the molecule is COC(=O)COc1ccc(NC(=O)COc2cccc(C)c2)cc1. The summed E-state index contributed by atoms with van der Waals surface area (Å²) >= 11 is 0. The van der Waals surface area contributed by atoms with E-state index in [9.17, 15) is 9.59 Å². The lowest BCUT2D eigenvalue weighted by atomic mass is 10.2. The highest BCUT2D eigenvalue weighted by molar-refractivity contribution is 5.91. The summed E-state index contributed by atoms with van der Waals surface area (Å²) in [6, 6.07) is 14.1. The van der Waals surface area contributed by atoms with Gasteiger partial charge in [-0.15, -0.1) is 0 Å². The number of anilines is 1. The summed E-state index contributed by atoms with van der Waals surface area (Å²) in [5, 5.41) is 2.72. The molecule has 2 aromatic carbocycles. The Labute approximate surface area is 140 Å². The highest BCUT2D eigenvalue weighted by atomic mass is 16.6. The fraction of sp³-hybridized carbons (Fsp3) is 0.222. The smallest absolute Gasteiger partial charge is 0.343 e. The average molecular weight is 329 g/mol. The van der Waals surface area contributed by atoms with Crippen LogP contribution in [-0.4, -0.2) is 32.2 Å². The normalized spacial score (nSPS) is 9.92. The molecule has 0 atom stereocenters. The molecule has 6 heteroatoms. The molecule has 0 heterocycles. The first-order chi connectivity index (χ1) is 11.6. The zero-order valence-electron chi connectivity index (χ0n) is 13.6. The Morgan fingerprint density at radius 3 is 2.33 bits per heavy atom. The third-order valence-corrected chi connectivity index (χ3v) is 3.08. The van der Waals surface area contributed by atoms with Crippen LogP contribution in [0.2, 0.25) is 0 Å². The molecule has 0 bridgehead atoms. The van der Waals surface area contributed by atoms with Crippen molar-refractivity contribution in [2.45, 2.75) is 6.92 Å². The Balaban J connectivity index is 1.80. The van der Waals surface area contributed by atoms with Gasteiger partial charge in [0.1, 0.15) is 11.5 Å². The van der Waals surface area contributed by atoms with E-state index in [0.29, 0.717) is 17.2 Å². The minimum absolute atomic E-state index is 0.0793. The molecule has 1 amide bonds. The highest BCUT2D eigenvalue weighted by Crippen LogP contribution is 2.16. The summed E-state index contributed by atoms with van der Waals surface area (Å²) in [7, 11) is 1.29. The molecule has 0 saturated carbocycles. The maximum atomic E-state index is 11.9. The zero-order valence-corrected chi connectivity index (χ0v) is 13.6. The van der Waals surface area contributed by atoms with Gasteiger partial charge in [0.25, 0.3) is 5.91 Å². The molecule has 0 aliphatic heterocycles. The number of ether oxygens (including phenoxy) is 3. The fourth-order valence-corrected chi connectivity index (χ4v) is 1.89. The number of rotatable bonds is 7. The number of amides is 1. The molecule has 0 unspecified atom stereocenters. The first kappa shape index (κ1) is 17.3. The van der Waals surface area contributed by atoms with Crippen LogP contribution < -0.4 is 14.8 Å². The molecule has 2 rings (SSSR count). The molecule has 0 radical (unpaired) electrons. The number of hydrogen-bond acceptors (Lipinski definition) is 5. The summed E-state index contributed by atoms with van der Waals surface area (Å²) in [5.41, 5.74) is 1.67. The van der Waals surface area contributed by atoms with Gasteiger partial charge in [-0.25, -0.2) is 4.79 Å². The number of methoxy groups -OCH3 is 1. The number of nitrogens with one attached hydrogen (secondary N) is 1. The lowest BCUT2D eigenvalue weighted by molar-refractivity contribution is -0.142. The summed E-state index contributed by atoms with van der Waals surface area (Å²) in [6.07, 6.45) is 0. The van der Waals surface area contributed by atoms with Crippen molar-refractivity contribution >= 4 is 17.6 Å². The minimum Gasteiger partial charge on any atom is -0.484 e. The van der Waals surface area contributed by atoms with E-state index in [4.69, 9.17) is 9.47 Å². The minimum atomic E-state index is -0.458. The van der Waals surface area contributed by atoms with Gasteiger partial charge in [-0.1, -0.05) is 12.1 Å². The van der Waals surface area contributed by atoms with Crippen molar-refractivity contribution in [2.75, 3.05) is 25.6 Å². The molecule has 126 valence electrons. The van der Waals surface area contributed by atoms with Crippen molar-refractivity contribution in [2.24, 2.45) is 0 Å². The average Bonchev–Trinajstić information content (AvgIpc) is 2.59. The van der Waals surface area contributed by atoms with Gasteiger partial charge in [-0.2, -0.15) is 0 Å². The molecule has 0 aliphatic rings. The monoisotopic (exact) mass is 329 g/mol. The molecule has 24 heavy (non-hydrogen) atoms. The van der Waals surface area contributed by atoms with Gasteiger partial charge < -0.3 is 19.5 Å². The molecule has 1 N–H and O–H groups in total. The lowest BCUT2D eigenvalue weighted by Crippen LogP contribution is -2.20. The van der Waals surface area contributed by atoms with E-state index in [-0.39, 0.29) is 19.1 Å². The van der Waals surface area contributed by atoms with E-state index < -0.39 is 5.97 Å². The van der Waals surface area contributed by atoms with E-state index in [1.807, 2.05) is 25.1 Å². The third-order valence-electron chi connectivity index (χ3n) is 3.08. The highest BCUT2D eigenvalue weighted by Gasteiger charge is 2.05. The number of hydrogen-bond donors (Lipinski definition) is 1. The number of benzene rings is 2. The van der Waals surface area contributed by atoms with Crippen molar-refractivity contribution in [3.05, 3.63) is 54.1 Å². The molecule has 0 spiro atoms. The van der Waals surface area contributed by atoms with E-state index in [1.54, 1.807) is 30.3 Å². The summed E-state index contributed by atoms with van der Waals surface area (Å²) in [5.74, 6) is 0.437. The molecule has 0 aliphatic carbocycles. The lowest BCUT2D eigenvalue weighted by Gasteiger charge is -2.09. The quantitative estimate of drug-likeness (QED) is 0.790. The fourth-order valence-electron chi connectivity index (χ4n) is 1.89. The number of aryl methyl sites for hydroxylation is 1. The first-order valence-corrected chi connectivity index (χ1v) is 7.36. The summed E-state index contributed by atoms with van der Waals surface area (Å²) < 4.78 is 15.1. The Hall–Kier alpha value is -3.02. The van der Waals surface area contributed by atoms with Gasteiger partial charge in [-0.3, -0.25) is 4.79 Å². The maximum Gasteiger partial charge on any atom is 0.343 e. The van der Waals surface area contributed by atoms with Crippen molar-refractivity contribution in [1.29, 1.82) is 0 Å². The van der Waals surface area contributed by atoms with Gasteiger partial charge in [-0.05, 0) is 48.9 Å². The van der Waals surface area contributed by atoms with Gasteiger partial charge in [0.15, 0.2) is 13.2 Å². The molecule has 0 aromatic heterocycles. The van der Waals surface area contributed by atoms with Crippen LogP contribution in [0.25, 0.3) is 0 Å². The third kappa shape index (κ3) is 5.64. The second kappa shape index (κ2) is 8.57. The summed E-state index contributed by atoms with van der Waals surface area (Å²) in [6.45, 7) is 1.72. The molecule has 0 saturated heterocycles. The Kier molecular flexibility index (Phi) is 6.19. The molecule has 2 aromatic rings. The van der Waals surface area contributed by atoms with Crippen molar-refractivity contribution in [3.8, 4) is 11.5 Å². The van der Waals surface area contributed by atoms with Crippen molar-refractivity contribution < 1.29 is 23.8 Å². The standard InChI is InChI=1S/C18H19NO5/c1-13-4-3-5-16(10-13)23-11-17(20)19-14-6-8-15(9-7-14)24-12-18(21)22-2/h3-10H,11-12H2,1-2H3,(H,19,20). The van der Waals surface area contributed by atoms with Crippen LogP contribution >= 0.6 is 0 Å². The largest absolute Gasteiger partial charge is 0.484 e. The van der Waals surface area contributed by atoms with Gasteiger partial charge in [0.2, 0.25) is 0 Å². The Morgan fingerprint density at radius 2 is 1.67 bits per heavy atom. The maximum absolute atomic E-state index is 11.9. The van der Waals surface area contributed by atoms with Crippen LogP contribution in [0.4, 0.5) is 5.69 Å². The topological polar surface area (TPSA) is 73.9 Å². The van der Waals surface area contributed by atoms with Crippen LogP contribution in [-0.2, 0) is 14.3 Å². The molecule has 0 fully saturated rings. The van der Waals surface area contributed by atoms with Crippen LogP contribution in [0.15, 0.2) is 48.5 Å². The van der Waals surface area contributed by atoms with Gasteiger partial charge in [0.05, 0.1) is 7.11 Å². The molecule has 6 nitrogen and oxygen atoms in total. The second-order valence-electron chi connectivity index (χ2n) is 5.04. The van der Waals surface area contributed by atoms with E-state index in [0.717, 1.165) is 5.56 Å². The van der Waals surface area contributed by atoms with E-state index >= 15 is 0 Å². The van der Waals surface area contributed by atoms with Gasteiger partial charge >= 0.3 is 5.97 Å². The molecular formula is C18H19NO5. The van der Waals surface area contributed by atoms with Crippen LogP contribution in [0, 0.1) is 6.92 Å². The predicted molar refractivity (Wildman–Crippen MR) is 89.3 cm³/mol. The Morgan fingerprint density at radius 1 is 0.958 bits per heavy atom. The zero-order chi connectivity index (χ0) is 17.4. The van der Waals surface area contributed by atoms with E-state index in [2.05, 4.69) is 10.1 Å². The number of carbonyl (C=O) groups excluding carboxylic acids is 2. The number of esters is 1. The van der Waals surface area contributed by atoms with Crippen molar-refractivity contribution in [3.63, 3.8) is 0 Å². The van der Waals surface area contributed by atoms with Crippen LogP contribution in [0.5, 0.6) is 11.5 Å². The predicted octanol–water partition coefficient (Wildman–Crippen LogP) is 2.56. The number of carbonyl (C=O) groups is 2. The first-order valence-electron chi connectivity index (χ1n) is 7.36. The van der Waals surface area contributed by atoms with E-state index in [1.165, 1.54) is 7.11 Å². The van der Waals surface area contributed by atoms with Crippen LogP contribution in [0.1, 0.15) is 5.56 Å². The summed E-state index contributed by atoms with van der Waals surface area (Å²) in [4.78, 5) is 22.9. The second-order valence-corrected chi connectivity index (χ2v) is 5.04. The Bertz CT molecular complexity index is 697. The van der Waals surface area contributed by atoms with Crippen LogP contribution in [0.3, 0.4) is 0 Å². The van der Waals surface area contributed by atoms with Gasteiger partial charge in [0, 0.05) is 5.69 Å².